The number of primary amides is 1. The van der Waals surface area contributed by atoms with Crippen LogP contribution >= 0.6 is 0 Å². The summed E-state index contributed by atoms with van der Waals surface area (Å²) in [5.41, 5.74) is 8.56. The predicted octanol–water partition coefficient (Wildman–Crippen LogP) is -0.732. The minimum absolute atomic E-state index is 0.160. The Kier molecular flexibility index (Phi) is 16.5. The van der Waals surface area contributed by atoms with E-state index in [9.17, 15) is 4.79 Å². The van der Waals surface area contributed by atoms with Gasteiger partial charge in [-0.1, -0.05) is 42.7 Å². The van der Waals surface area contributed by atoms with Gasteiger partial charge in [-0.25, -0.2) is 0 Å². The van der Waals surface area contributed by atoms with Crippen LogP contribution in [0.4, 0.5) is 0 Å². The monoisotopic (exact) mass is 629 g/mol. The quantitative estimate of drug-likeness (QED) is 0.210. The van der Waals surface area contributed by atoms with Crippen LogP contribution in [0.3, 0.4) is 0 Å². The van der Waals surface area contributed by atoms with Crippen LogP contribution in [0.15, 0.2) is 24.3 Å². The van der Waals surface area contributed by atoms with Crippen molar-refractivity contribution in [1.29, 1.82) is 0 Å². The van der Waals surface area contributed by atoms with E-state index in [0.29, 0.717) is 18.5 Å². The summed E-state index contributed by atoms with van der Waals surface area (Å²) in [5, 5.41) is 29.2. The van der Waals surface area contributed by atoms with Gasteiger partial charge in [-0.15, -0.1) is 0 Å². The van der Waals surface area contributed by atoms with E-state index in [0.717, 1.165) is 98.0 Å². The summed E-state index contributed by atoms with van der Waals surface area (Å²) in [4.78, 5) is 14.6. The number of carbonyl (C=O) groups excluding carboxylic acids is 1. The van der Waals surface area contributed by atoms with Gasteiger partial charge in [-0.2, -0.15) is 0 Å². The molecule has 0 aromatic heterocycles. The fraction of sp³-hybridized carbons (Fsp3) is 0.794. The van der Waals surface area contributed by atoms with Crippen molar-refractivity contribution in [1.82, 2.24) is 47.4 Å². The average molecular weight is 629 g/mol. The zero-order chi connectivity index (χ0) is 31.6. The molecule has 2 heterocycles. The molecule has 11 nitrogen and oxygen atoms in total. The number of hydrogen-bond acceptors (Lipinski definition) is 10. The third kappa shape index (κ3) is 13.5. The molecule has 2 saturated heterocycles. The van der Waals surface area contributed by atoms with Crippen LogP contribution in [-0.4, -0.2) is 133 Å². The summed E-state index contributed by atoms with van der Waals surface area (Å²) in [6, 6.07) is 9.75. The van der Waals surface area contributed by atoms with E-state index >= 15 is 0 Å². The molecule has 2 aliphatic heterocycles. The molecule has 256 valence electrons. The molecule has 1 aromatic carbocycles. The van der Waals surface area contributed by atoms with Crippen LogP contribution in [0.1, 0.15) is 49.7 Å². The number of amides is 1. The lowest BCUT2D eigenvalue weighted by molar-refractivity contribution is -0.120. The molecule has 0 bridgehead atoms. The van der Waals surface area contributed by atoms with Crippen molar-refractivity contribution in [2.24, 2.45) is 5.73 Å². The van der Waals surface area contributed by atoms with Crippen molar-refractivity contribution in [3.63, 3.8) is 0 Å². The number of nitrogens with zero attached hydrogens (tertiary/aromatic N) is 1. The number of rotatable bonds is 3. The molecule has 1 aliphatic carbocycles. The third-order valence-corrected chi connectivity index (χ3v) is 9.91. The van der Waals surface area contributed by atoms with Crippen molar-refractivity contribution in [2.75, 3.05) is 98.2 Å². The molecule has 3 atom stereocenters. The molecule has 45 heavy (non-hydrogen) atoms. The zero-order valence-electron chi connectivity index (χ0n) is 28.0. The molecule has 11 heteroatoms. The van der Waals surface area contributed by atoms with E-state index in [1.54, 1.807) is 0 Å². The maximum absolute atomic E-state index is 12.0. The highest BCUT2D eigenvalue weighted by Gasteiger charge is 2.32. The van der Waals surface area contributed by atoms with E-state index < -0.39 is 0 Å². The number of nitrogens with one attached hydrogen (secondary N) is 8. The van der Waals surface area contributed by atoms with Gasteiger partial charge in [0.2, 0.25) is 5.91 Å². The molecule has 4 rings (SSSR count). The number of hydrogen-bond donors (Lipinski definition) is 9. The minimum atomic E-state index is -0.303. The smallest absolute Gasteiger partial charge is 0.234 e. The van der Waals surface area contributed by atoms with Crippen LogP contribution < -0.4 is 48.3 Å². The Balaban J connectivity index is 1.28. The molecule has 3 aliphatic rings. The molecule has 3 fully saturated rings. The molecule has 3 unspecified atom stereocenters. The highest BCUT2D eigenvalue weighted by atomic mass is 16.1. The second-order valence-corrected chi connectivity index (χ2v) is 13.5. The fourth-order valence-electron chi connectivity index (χ4n) is 6.91. The van der Waals surface area contributed by atoms with Gasteiger partial charge in [0.05, 0.1) is 6.04 Å². The van der Waals surface area contributed by atoms with Crippen LogP contribution in [0, 0.1) is 6.92 Å². The van der Waals surface area contributed by atoms with E-state index in [4.69, 9.17) is 5.73 Å². The third-order valence-electron chi connectivity index (χ3n) is 9.91. The Morgan fingerprint density at radius 3 is 2.18 bits per heavy atom. The summed E-state index contributed by atoms with van der Waals surface area (Å²) >= 11 is 0. The van der Waals surface area contributed by atoms with Crippen LogP contribution in [0.25, 0.3) is 0 Å². The summed E-state index contributed by atoms with van der Waals surface area (Å²) in [7, 11) is 0. The van der Waals surface area contributed by atoms with Gasteiger partial charge in [0, 0.05) is 109 Å². The topological polar surface area (TPSA) is 143 Å². The Morgan fingerprint density at radius 1 is 0.778 bits per heavy atom. The van der Waals surface area contributed by atoms with Crippen LogP contribution in [-0.2, 0) is 11.2 Å². The van der Waals surface area contributed by atoms with Crippen molar-refractivity contribution in [3.8, 4) is 0 Å². The van der Waals surface area contributed by atoms with Gasteiger partial charge < -0.3 is 48.3 Å². The average Bonchev–Trinajstić information content (AvgIpc) is 3.48. The lowest BCUT2D eigenvalue weighted by atomic mass is 9.97. The molecule has 1 saturated carbocycles. The van der Waals surface area contributed by atoms with E-state index in [-0.39, 0.29) is 17.5 Å². The molecule has 0 radical (unpaired) electrons. The first kappa shape index (κ1) is 36.2. The van der Waals surface area contributed by atoms with Gasteiger partial charge in [-0.05, 0) is 51.1 Å². The summed E-state index contributed by atoms with van der Waals surface area (Å²) in [5.74, 6) is -0.275. The van der Waals surface area contributed by atoms with Crippen molar-refractivity contribution in [2.45, 2.75) is 75.5 Å². The number of nitrogens with two attached hydrogens (primary N) is 1. The summed E-state index contributed by atoms with van der Waals surface area (Å²) in [6.07, 6.45) is 8.01. The second-order valence-electron chi connectivity index (χ2n) is 13.5. The van der Waals surface area contributed by atoms with Crippen LogP contribution in [0.5, 0.6) is 0 Å². The first-order valence-electron chi connectivity index (χ1n) is 17.9. The molecular weight excluding hydrogens is 564 g/mol. The molecule has 1 aromatic rings. The summed E-state index contributed by atoms with van der Waals surface area (Å²) < 4.78 is 0. The molecule has 10 N–H and O–H groups in total. The highest BCUT2D eigenvalue weighted by Crippen LogP contribution is 2.28. The minimum Gasteiger partial charge on any atom is -0.368 e. The number of aryl methyl sites for hydroxylation is 1. The second kappa shape index (κ2) is 20.5. The molecule has 1 spiro atoms. The van der Waals surface area contributed by atoms with Gasteiger partial charge in [0.25, 0.3) is 0 Å². The highest BCUT2D eigenvalue weighted by molar-refractivity contribution is 5.79. The Morgan fingerprint density at radius 2 is 1.47 bits per heavy atom. The van der Waals surface area contributed by atoms with Gasteiger partial charge in [-0.3, -0.25) is 9.69 Å². The number of fused-ring (bicyclic) bond motifs is 1. The van der Waals surface area contributed by atoms with Gasteiger partial charge >= 0.3 is 0 Å². The normalized spacial score (nSPS) is 28.3. The predicted molar refractivity (Wildman–Crippen MR) is 186 cm³/mol. The van der Waals surface area contributed by atoms with Crippen LogP contribution in [0.2, 0.25) is 0 Å². The van der Waals surface area contributed by atoms with E-state index in [1.807, 2.05) is 0 Å². The SMILES string of the molecule is Cc1ccc(CC2CNCCNC3(CCCC3)CNCCNC(C(N)=O)CCNCCNCCNCCN3CCC3CN2)cc1. The Labute approximate surface area is 272 Å². The lowest BCUT2D eigenvalue weighted by Crippen LogP contribution is -2.57. The first-order chi connectivity index (χ1) is 22.0. The summed E-state index contributed by atoms with van der Waals surface area (Å²) in [6.45, 7) is 16.4. The number of benzene rings is 1. The maximum Gasteiger partial charge on any atom is 0.234 e. The maximum atomic E-state index is 12.0. The van der Waals surface area contributed by atoms with Crippen molar-refractivity contribution >= 4 is 5.91 Å². The largest absolute Gasteiger partial charge is 0.368 e. The molecule has 1 amide bonds. The van der Waals surface area contributed by atoms with Gasteiger partial charge in [0.15, 0.2) is 0 Å². The zero-order valence-corrected chi connectivity index (χ0v) is 28.0. The van der Waals surface area contributed by atoms with E-state index in [1.165, 1.54) is 49.8 Å². The van der Waals surface area contributed by atoms with Gasteiger partial charge in [0.1, 0.15) is 0 Å². The van der Waals surface area contributed by atoms with E-state index in [2.05, 4.69) is 78.6 Å². The fourth-order valence-corrected chi connectivity index (χ4v) is 6.91. The van der Waals surface area contributed by atoms with Crippen molar-refractivity contribution in [3.05, 3.63) is 35.4 Å². The Bertz CT molecular complexity index is 941. The Hall–Kier alpha value is -1.67. The standard InChI is InChI=1S/C34H64N10O/c1-28-4-6-29(7-5-28)24-30-25-39-18-20-43-34(10-2-3-11-34)27-40-17-19-41-32(33(35)45)8-12-36-13-14-37-15-16-38-21-23-44-22-9-31(44)26-42-30/h4-7,30-32,36-43H,2-3,8-27H2,1H3,(H2,35,45). The first-order valence-corrected chi connectivity index (χ1v) is 17.9. The lowest BCUT2D eigenvalue weighted by Gasteiger charge is -2.42. The molecular formula is C34H64N10O. The number of carbonyl (C=O) groups is 1. The van der Waals surface area contributed by atoms with Crippen molar-refractivity contribution < 1.29 is 4.79 Å².